The Kier molecular flexibility index (Phi) is 4.15. The fourth-order valence-electron chi connectivity index (χ4n) is 1.64. The zero-order valence-electron chi connectivity index (χ0n) is 10.7. The molecule has 3 rings (SSSR count). The van der Waals surface area contributed by atoms with Crippen molar-refractivity contribution in [2.45, 2.75) is 10.6 Å². The minimum atomic E-state index is -3.44. The molecule has 0 aliphatic rings. The smallest absolute Gasteiger partial charge is 0.250 e. The van der Waals surface area contributed by atoms with Gasteiger partial charge >= 0.3 is 0 Å². The summed E-state index contributed by atoms with van der Waals surface area (Å²) >= 11 is 2.70. The number of rotatable bonds is 6. The fourth-order valence-corrected chi connectivity index (χ4v) is 4.36. The van der Waals surface area contributed by atoms with Gasteiger partial charge in [0, 0.05) is 13.0 Å². The molecule has 0 atom stereocenters. The van der Waals surface area contributed by atoms with Crippen molar-refractivity contribution in [3.05, 3.63) is 40.9 Å². The SMILES string of the molecule is O=S(=O)(NCCc1nc(-c2cccs2)no1)c1cccs1. The first-order valence-corrected chi connectivity index (χ1v) is 9.29. The summed E-state index contributed by atoms with van der Waals surface area (Å²) in [7, 11) is -3.44. The van der Waals surface area contributed by atoms with E-state index in [1.165, 1.54) is 22.7 Å². The summed E-state index contributed by atoms with van der Waals surface area (Å²) < 4.78 is 31.7. The summed E-state index contributed by atoms with van der Waals surface area (Å²) in [6.07, 6.45) is 0.350. The monoisotopic (exact) mass is 341 g/mol. The van der Waals surface area contributed by atoms with Gasteiger partial charge in [0.2, 0.25) is 21.7 Å². The van der Waals surface area contributed by atoms with Gasteiger partial charge in [0.1, 0.15) is 4.21 Å². The lowest BCUT2D eigenvalue weighted by Crippen LogP contribution is -2.25. The van der Waals surface area contributed by atoms with Gasteiger partial charge in [-0.1, -0.05) is 17.3 Å². The van der Waals surface area contributed by atoms with E-state index < -0.39 is 10.0 Å². The van der Waals surface area contributed by atoms with Crippen LogP contribution in [-0.2, 0) is 16.4 Å². The number of nitrogens with one attached hydrogen (secondary N) is 1. The third-order valence-corrected chi connectivity index (χ3v) is 6.32. The van der Waals surface area contributed by atoms with Gasteiger partial charge in [0.05, 0.1) is 4.88 Å². The summed E-state index contributed by atoms with van der Waals surface area (Å²) in [6, 6.07) is 7.07. The number of hydrogen-bond acceptors (Lipinski definition) is 7. The maximum Gasteiger partial charge on any atom is 0.250 e. The largest absolute Gasteiger partial charge is 0.339 e. The molecule has 6 nitrogen and oxygen atoms in total. The molecule has 0 spiro atoms. The lowest BCUT2D eigenvalue weighted by atomic mass is 10.4. The maximum absolute atomic E-state index is 11.9. The normalized spacial score (nSPS) is 11.8. The highest BCUT2D eigenvalue weighted by atomic mass is 32.2. The van der Waals surface area contributed by atoms with Crippen molar-refractivity contribution >= 4 is 32.7 Å². The Morgan fingerprint density at radius 3 is 2.71 bits per heavy atom. The molecule has 21 heavy (non-hydrogen) atoms. The lowest BCUT2D eigenvalue weighted by molar-refractivity contribution is 0.379. The molecule has 0 saturated heterocycles. The number of hydrogen-bond donors (Lipinski definition) is 1. The molecule has 0 saturated carbocycles. The topological polar surface area (TPSA) is 85.1 Å². The Morgan fingerprint density at radius 1 is 1.19 bits per heavy atom. The maximum atomic E-state index is 11.9. The molecule has 3 heterocycles. The van der Waals surface area contributed by atoms with Gasteiger partial charge in [0.25, 0.3) is 0 Å². The molecule has 3 aromatic rings. The first kappa shape index (κ1) is 14.4. The lowest BCUT2D eigenvalue weighted by Gasteiger charge is -2.01. The van der Waals surface area contributed by atoms with Crippen LogP contribution in [0, 0.1) is 0 Å². The average molecular weight is 341 g/mol. The minimum absolute atomic E-state index is 0.215. The zero-order valence-corrected chi connectivity index (χ0v) is 13.2. The second-order valence-corrected chi connectivity index (χ2v) is 7.96. The second kappa shape index (κ2) is 6.06. The van der Waals surface area contributed by atoms with Crippen molar-refractivity contribution in [2.75, 3.05) is 6.54 Å². The van der Waals surface area contributed by atoms with Gasteiger partial charge in [-0.15, -0.1) is 22.7 Å². The summed E-state index contributed by atoms with van der Waals surface area (Å²) in [6.45, 7) is 0.215. The van der Waals surface area contributed by atoms with Crippen LogP contribution >= 0.6 is 22.7 Å². The Hall–Kier alpha value is -1.55. The first-order valence-electron chi connectivity index (χ1n) is 6.05. The summed E-state index contributed by atoms with van der Waals surface area (Å²) in [4.78, 5) is 5.16. The molecule has 0 aliphatic heterocycles. The Morgan fingerprint density at radius 2 is 2.00 bits per heavy atom. The van der Waals surface area contributed by atoms with Crippen LogP contribution in [0.2, 0.25) is 0 Å². The van der Waals surface area contributed by atoms with Crippen LogP contribution < -0.4 is 4.72 Å². The average Bonchev–Trinajstić information content (AvgIpc) is 3.20. The van der Waals surface area contributed by atoms with Crippen LogP contribution in [0.4, 0.5) is 0 Å². The predicted octanol–water partition coefficient (Wildman–Crippen LogP) is 2.38. The number of thiophene rings is 2. The standard InChI is InChI=1S/C12H11N3O3S3/c16-21(17,11-4-2-8-20-11)13-6-5-10-14-12(15-18-10)9-3-1-7-19-9/h1-4,7-8,13H,5-6H2. The molecule has 0 amide bonds. The van der Waals surface area contributed by atoms with Crippen molar-refractivity contribution in [1.82, 2.24) is 14.9 Å². The van der Waals surface area contributed by atoms with Gasteiger partial charge in [-0.05, 0) is 22.9 Å². The quantitative estimate of drug-likeness (QED) is 0.744. The molecular formula is C12H11N3O3S3. The van der Waals surface area contributed by atoms with E-state index in [0.29, 0.717) is 22.3 Å². The van der Waals surface area contributed by atoms with Crippen molar-refractivity contribution in [2.24, 2.45) is 0 Å². The third kappa shape index (κ3) is 3.38. The van der Waals surface area contributed by atoms with Crippen LogP contribution in [-0.4, -0.2) is 25.1 Å². The van der Waals surface area contributed by atoms with Crippen LogP contribution in [0.15, 0.2) is 43.8 Å². The van der Waals surface area contributed by atoms with Crippen LogP contribution in [0.1, 0.15) is 5.89 Å². The molecule has 0 radical (unpaired) electrons. The van der Waals surface area contributed by atoms with Gasteiger partial charge in [0.15, 0.2) is 0 Å². The highest BCUT2D eigenvalue weighted by molar-refractivity contribution is 7.91. The first-order chi connectivity index (χ1) is 10.1. The Labute approximate surface area is 129 Å². The molecule has 0 fully saturated rings. The summed E-state index contributed by atoms with van der Waals surface area (Å²) in [5, 5.41) is 7.53. The Balaban J connectivity index is 1.59. The van der Waals surface area contributed by atoms with Crippen molar-refractivity contribution < 1.29 is 12.9 Å². The van der Waals surface area contributed by atoms with E-state index in [0.717, 1.165) is 4.88 Å². The molecule has 3 aromatic heterocycles. The second-order valence-electron chi connectivity index (χ2n) is 4.07. The van der Waals surface area contributed by atoms with Gasteiger partial charge in [-0.3, -0.25) is 0 Å². The summed E-state index contributed by atoms with van der Waals surface area (Å²) in [5.74, 6) is 0.938. The Bertz CT molecular complexity index is 792. The van der Waals surface area contributed by atoms with Crippen LogP contribution in [0.5, 0.6) is 0 Å². The molecule has 0 unspecified atom stereocenters. The number of aromatic nitrogens is 2. The molecule has 110 valence electrons. The molecule has 1 N–H and O–H groups in total. The van der Waals surface area contributed by atoms with Gasteiger partial charge in [-0.25, -0.2) is 13.1 Å². The number of sulfonamides is 1. The van der Waals surface area contributed by atoms with E-state index in [-0.39, 0.29) is 6.54 Å². The fraction of sp³-hybridized carbons (Fsp3) is 0.167. The molecule has 0 bridgehead atoms. The third-order valence-electron chi connectivity index (χ3n) is 2.60. The van der Waals surface area contributed by atoms with Gasteiger partial charge < -0.3 is 4.52 Å². The highest BCUT2D eigenvalue weighted by Crippen LogP contribution is 2.21. The van der Waals surface area contributed by atoms with E-state index in [2.05, 4.69) is 14.9 Å². The van der Waals surface area contributed by atoms with E-state index in [4.69, 9.17) is 4.52 Å². The van der Waals surface area contributed by atoms with Crippen molar-refractivity contribution in [3.63, 3.8) is 0 Å². The van der Waals surface area contributed by atoms with Gasteiger partial charge in [-0.2, -0.15) is 4.98 Å². The van der Waals surface area contributed by atoms with E-state index in [9.17, 15) is 8.42 Å². The molecule has 0 aliphatic carbocycles. The van der Waals surface area contributed by atoms with E-state index >= 15 is 0 Å². The van der Waals surface area contributed by atoms with Crippen molar-refractivity contribution in [3.8, 4) is 10.7 Å². The van der Waals surface area contributed by atoms with Crippen molar-refractivity contribution in [1.29, 1.82) is 0 Å². The minimum Gasteiger partial charge on any atom is -0.339 e. The summed E-state index contributed by atoms with van der Waals surface area (Å²) in [5.41, 5.74) is 0. The number of nitrogens with zero attached hydrogens (tertiary/aromatic N) is 2. The predicted molar refractivity (Wildman–Crippen MR) is 80.8 cm³/mol. The molecule has 0 aromatic carbocycles. The van der Waals surface area contributed by atoms with Crippen LogP contribution in [0.25, 0.3) is 10.7 Å². The highest BCUT2D eigenvalue weighted by Gasteiger charge is 2.15. The van der Waals surface area contributed by atoms with Crippen LogP contribution in [0.3, 0.4) is 0 Å². The van der Waals surface area contributed by atoms with E-state index in [1.807, 2.05) is 17.5 Å². The van der Waals surface area contributed by atoms with E-state index in [1.54, 1.807) is 17.5 Å². The zero-order chi connectivity index (χ0) is 14.7. The molecule has 9 heteroatoms. The molecular weight excluding hydrogens is 330 g/mol.